The molecule has 0 aliphatic rings. The minimum absolute atomic E-state index is 0.118. The number of carbonyl (C=O) groups excluding carboxylic acids is 1. The Balaban J connectivity index is 2.09. The van der Waals surface area contributed by atoms with Gasteiger partial charge in [0.05, 0.1) is 17.1 Å². The van der Waals surface area contributed by atoms with E-state index in [2.05, 4.69) is 37.2 Å². The molecule has 0 saturated carbocycles. The van der Waals surface area contributed by atoms with Crippen LogP contribution in [0.15, 0.2) is 54.6 Å². The fourth-order valence-corrected chi connectivity index (χ4v) is 2.96. The maximum atomic E-state index is 12.4. The van der Waals surface area contributed by atoms with Gasteiger partial charge < -0.3 is 10.1 Å². The van der Waals surface area contributed by atoms with Gasteiger partial charge in [-0.2, -0.15) is 0 Å². The van der Waals surface area contributed by atoms with E-state index in [-0.39, 0.29) is 10.7 Å². The van der Waals surface area contributed by atoms with Crippen molar-refractivity contribution in [1.82, 2.24) is 0 Å². The second kappa shape index (κ2) is 8.34. The Bertz CT molecular complexity index is 619. The van der Waals surface area contributed by atoms with Gasteiger partial charge in [-0.25, -0.2) is 0 Å². The molecule has 0 bridgehead atoms. The molecule has 1 N–H and O–H groups in total. The van der Waals surface area contributed by atoms with Gasteiger partial charge in [-0.15, -0.1) is 0 Å². The summed E-state index contributed by atoms with van der Waals surface area (Å²) in [6.07, 6.45) is 0. The molecular formula is C17H17Br2NO2. The molecule has 3 nitrogen and oxygen atoms in total. The van der Waals surface area contributed by atoms with E-state index in [1.807, 2.05) is 61.5 Å². The molecule has 0 radical (unpaired) electrons. The zero-order valence-electron chi connectivity index (χ0n) is 12.1. The van der Waals surface area contributed by atoms with Gasteiger partial charge in [-0.3, -0.25) is 4.79 Å². The lowest BCUT2D eigenvalue weighted by atomic mass is 10.1. The van der Waals surface area contributed by atoms with Gasteiger partial charge in [0.2, 0.25) is 5.91 Å². The van der Waals surface area contributed by atoms with Gasteiger partial charge in [0.25, 0.3) is 0 Å². The molecule has 2 aromatic rings. The molecule has 0 aliphatic heterocycles. The highest BCUT2D eigenvalue weighted by Gasteiger charge is 2.25. The summed E-state index contributed by atoms with van der Waals surface area (Å²) in [5.74, 6) is 0.543. The van der Waals surface area contributed by atoms with Crippen molar-refractivity contribution in [2.24, 2.45) is 0 Å². The Labute approximate surface area is 147 Å². The summed E-state index contributed by atoms with van der Waals surface area (Å²) in [5, 5.41) is 2.90. The minimum atomic E-state index is -0.399. The van der Waals surface area contributed by atoms with E-state index in [4.69, 9.17) is 4.74 Å². The largest absolute Gasteiger partial charge is 0.492 e. The molecule has 116 valence electrons. The summed E-state index contributed by atoms with van der Waals surface area (Å²) >= 11 is 7.04. The third kappa shape index (κ3) is 4.34. The third-order valence-electron chi connectivity index (χ3n) is 3.07. The number of nitrogens with one attached hydrogen (secondary N) is 1. The number of alkyl halides is 2. The van der Waals surface area contributed by atoms with Crippen molar-refractivity contribution in [3.05, 3.63) is 60.2 Å². The van der Waals surface area contributed by atoms with Crippen LogP contribution < -0.4 is 10.1 Å². The van der Waals surface area contributed by atoms with Gasteiger partial charge in [0, 0.05) is 0 Å². The molecule has 0 heterocycles. The molecule has 1 amide bonds. The number of amides is 1. The van der Waals surface area contributed by atoms with E-state index in [1.54, 1.807) is 0 Å². The average molecular weight is 427 g/mol. The van der Waals surface area contributed by atoms with E-state index >= 15 is 0 Å². The van der Waals surface area contributed by atoms with Crippen LogP contribution in [0.4, 0.5) is 5.69 Å². The van der Waals surface area contributed by atoms with Gasteiger partial charge in [-0.05, 0) is 24.6 Å². The quantitative estimate of drug-likeness (QED) is 0.665. The molecular weight excluding hydrogens is 410 g/mol. The third-order valence-corrected chi connectivity index (χ3v) is 5.78. The molecule has 2 aromatic carbocycles. The van der Waals surface area contributed by atoms with Crippen molar-refractivity contribution in [2.75, 3.05) is 11.9 Å². The van der Waals surface area contributed by atoms with Crippen LogP contribution in [0.3, 0.4) is 0 Å². The first kappa shape index (κ1) is 17.0. The maximum Gasteiger partial charge on any atom is 0.239 e. The normalized spacial score (nSPS) is 13.2. The molecule has 5 heteroatoms. The van der Waals surface area contributed by atoms with Crippen molar-refractivity contribution in [3.63, 3.8) is 0 Å². The summed E-state index contributed by atoms with van der Waals surface area (Å²) in [7, 11) is 0. The smallest absolute Gasteiger partial charge is 0.239 e. The Morgan fingerprint density at radius 3 is 2.41 bits per heavy atom. The highest BCUT2D eigenvalue weighted by molar-refractivity contribution is 9.12. The SMILES string of the molecule is CCOc1ccccc1NC(=O)[C@@H](Br)[C@H](Br)c1ccccc1. The predicted octanol–water partition coefficient (Wildman–Crippen LogP) is 4.92. The first-order chi connectivity index (χ1) is 10.6. The zero-order chi connectivity index (χ0) is 15.9. The van der Waals surface area contributed by atoms with Crippen LogP contribution in [-0.2, 0) is 4.79 Å². The first-order valence-electron chi connectivity index (χ1n) is 6.99. The van der Waals surface area contributed by atoms with Crippen molar-refractivity contribution >= 4 is 43.5 Å². The van der Waals surface area contributed by atoms with Crippen molar-refractivity contribution in [3.8, 4) is 5.75 Å². The zero-order valence-corrected chi connectivity index (χ0v) is 15.3. The number of rotatable bonds is 6. The minimum Gasteiger partial charge on any atom is -0.492 e. The number of halogens is 2. The highest BCUT2D eigenvalue weighted by atomic mass is 79.9. The molecule has 0 aliphatic carbocycles. The average Bonchev–Trinajstić information content (AvgIpc) is 2.56. The van der Waals surface area contributed by atoms with E-state index in [0.29, 0.717) is 18.0 Å². The lowest BCUT2D eigenvalue weighted by molar-refractivity contribution is -0.115. The van der Waals surface area contributed by atoms with Crippen molar-refractivity contribution < 1.29 is 9.53 Å². The Morgan fingerprint density at radius 1 is 1.09 bits per heavy atom. The van der Waals surface area contributed by atoms with E-state index in [9.17, 15) is 4.79 Å². The van der Waals surface area contributed by atoms with Gasteiger partial charge in [0.15, 0.2) is 0 Å². The molecule has 0 spiro atoms. The fraction of sp³-hybridized carbons (Fsp3) is 0.235. The topological polar surface area (TPSA) is 38.3 Å². The lowest BCUT2D eigenvalue weighted by Gasteiger charge is -2.18. The summed E-state index contributed by atoms with van der Waals surface area (Å²) in [4.78, 5) is 11.9. The van der Waals surface area contributed by atoms with E-state index in [0.717, 1.165) is 5.56 Å². The van der Waals surface area contributed by atoms with Crippen LogP contribution in [0, 0.1) is 0 Å². The van der Waals surface area contributed by atoms with Gasteiger partial charge in [0.1, 0.15) is 10.6 Å². The van der Waals surface area contributed by atoms with Crippen LogP contribution in [0.1, 0.15) is 17.3 Å². The summed E-state index contributed by atoms with van der Waals surface area (Å²) in [6, 6.07) is 17.2. The highest BCUT2D eigenvalue weighted by Crippen LogP contribution is 2.32. The van der Waals surface area contributed by atoms with Gasteiger partial charge >= 0.3 is 0 Å². The second-order valence-electron chi connectivity index (χ2n) is 4.63. The predicted molar refractivity (Wildman–Crippen MR) is 97.1 cm³/mol. The molecule has 2 rings (SSSR count). The number of anilines is 1. The first-order valence-corrected chi connectivity index (χ1v) is 8.82. The number of hydrogen-bond acceptors (Lipinski definition) is 2. The summed E-state index contributed by atoms with van der Waals surface area (Å²) in [5.41, 5.74) is 1.71. The van der Waals surface area contributed by atoms with E-state index in [1.165, 1.54) is 0 Å². The molecule has 0 unspecified atom stereocenters. The summed E-state index contributed by atoms with van der Waals surface area (Å²) < 4.78 is 5.52. The van der Waals surface area contributed by atoms with Crippen molar-refractivity contribution in [2.45, 2.75) is 16.6 Å². The number of hydrogen-bond donors (Lipinski definition) is 1. The van der Waals surface area contributed by atoms with Gasteiger partial charge in [-0.1, -0.05) is 74.3 Å². The number of para-hydroxylation sites is 2. The lowest BCUT2D eigenvalue weighted by Crippen LogP contribution is -2.26. The summed E-state index contributed by atoms with van der Waals surface area (Å²) in [6.45, 7) is 2.46. The molecule has 0 aromatic heterocycles. The van der Waals surface area contributed by atoms with Crippen LogP contribution in [0.25, 0.3) is 0 Å². The van der Waals surface area contributed by atoms with E-state index < -0.39 is 4.83 Å². The maximum absolute atomic E-state index is 12.4. The molecule has 0 saturated heterocycles. The fourth-order valence-electron chi connectivity index (χ4n) is 1.99. The Morgan fingerprint density at radius 2 is 1.73 bits per heavy atom. The van der Waals surface area contributed by atoms with Crippen LogP contribution in [-0.4, -0.2) is 17.3 Å². The van der Waals surface area contributed by atoms with Crippen LogP contribution >= 0.6 is 31.9 Å². The van der Waals surface area contributed by atoms with Crippen LogP contribution in [0.5, 0.6) is 5.75 Å². The molecule has 2 atom stereocenters. The standard InChI is InChI=1S/C17H17Br2NO2/c1-2-22-14-11-7-6-10-13(14)20-17(21)16(19)15(18)12-8-4-3-5-9-12/h3-11,15-16H,2H2,1H3,(H,20,21)/t15-,16+/m1/s1. The van der Waals surface area contributed by atoms with Crippen LogP contribution in [0.2, 0.25) is 0 Å². The van der Waals surface area contributed by atoms with Crippen molar-refractivity contribution in [1.29, 1.82) is 0 Å². The number of carbonyl (C=O) groups is 1. The monoisotopic (exact) mass is 425 g/mol. The Hall–Kier alpha value is -1.33. The molecule has 22 heavy (non-hydrogen) atoms. The second-order valence-corrected chi connectivity index (χ2v) is 6.61. The molecule has 0 fully saturated rings. The number of benzene rings is 2. The Kier molecular flexibility index (Phi) is 6.46. The number of ether oxygens (including phenoxy) is 1.